The van der Waals surface area contributed by atoms with E-state index >= 15 is 0 Å². The number of primary amides is 1. The minimum Gasteiger partial charge on any atom is -0.351 e. The molecule has 0 aliphatic heterocycles. The molecule has 0 saturated heterocycles. The number of aromatic amines is 1. The standard InChI is InChI=1S/C6H7N3O2/c7-6(11)9-4-2-1-3-5(10)8-4/h1-3H,(H4,7,8,9,10,11). The predicted molar refractivity (Wildman–Crippen MR) is 40.3 cm³/mol. The van der Waals surface area contributed by atoms with Gasteiger partial charge in [0.25, 0.3) is 0 Å². The highest BCUT2D eigenvalue weighted by Gasteiger charge is 1.93. The third-order valence-corrected chi connectivity index (χ3v) is 1.03. The summed E-state index contributed by atoms with van der Waals surface area (Å²) >= 11 is 0. The molecule has 58 valence electrons. The first kappa shape index (κ1) is 7.33. The van der Waals surface area contributed by atoms with E-state index in [9.17, 15) is 9.59 Å². The maximum Gasteiger partial charge on any atom is 0.317 e. The van der Waals surface area contributed by atoms with Crippen molar-refractivity contribution in [3.05, 3.63) is 28.6 Å². The molecule has 1 rings (SSSR count). The highest BCUT2D eigenvalue weighted by Crippen LogP contribution is 1.94. The summed E-state index contributed by atoms with van der Waals surface area (Å²) < 4.78 is 0. The van der Waals surface area contributed by atoms with Gasteiger partial charge >= 0.3 is 6.03 Å². The van der Waals surface area contributed by atoms with Gasteiger partial charge in [-0.15, -0.1) is 0 Å². The van der Waals surface area contributed by atoms with Crippen LogP contribution in [0.2, 0.25) is 0 Å². The average molecular weight is 153 g/mol. The Morgan fingerprint density at radius 2 is 2.27 bits per heavy atom. The Bertz CT molecular complexity index is 318. The zero-order chi connectivity index (χ0) is 8.27. The Balaban J connectivity index is 2.88. The van der Waals surface area contributed by atoms with Gasteiger partial charge in [0.05, 0.1) is 0 Å². The van der Waals surface area contributed by atoms with Crippen LogP contribution >= 0.6 is 0 Å². The molecule has 5 nitrogen and oxygen atoms in total. The molecule has 0 fully saturated rings. The van der Waals surface area contributed by atoms with E-state index in [0.29, 0.717) is 5.82 Å². The molecule has 0 radical (unpaired) electrons. The number of pyridine rings is 1. The molecule has 1 aromatic rings. The highest BCUT2D eigenvalue weighted by molar-refractivity contribution is 5.86. The van der Waals surface area contributed by atoms with Crippen molar-refractivity contribution in [2.45, 2.75) is 0 Å². The summed E-state index contributed by atoms with van der Waals surface area (Å²) in [6.07, 6.45) is 0. The first-order valence-electron chi connectivity index (χ1n) is 2.94. The molecule has 0 saturated carbocycles. The van der Waals surface area contributed by atoms with Gasteiger partial charge in [-0.05, 0) is 6.07 Å². The molecule has 1 heterocycles. The van der Waals surface area contributed by atoms with Gasteiger partial charge in [-0.25, -0.2) is 4.79 Å². The van der Waals surface area contributed by atoms with E-state index in [-0.39, 0.29) is 5.56 Å². The van der Waals surface area contributed by atoms with E-state index in [1.54, 1.807) is 0 Å². The van der Waals surface area contributed by atoms with Gasteiger partial charge in [-0.1, -0.05) is 6.07 Å². The smallest absolute Gasteiger partial charge is 0.317 e. The van der Waals surface area contributed by atoms with Gasteiger partial charge in [0.2, 0.25) is 5.56 Å². The fraction of sp³-hybridized carbons (Fsp3) is 0. The largest absolute Gasteiger partial charge is 0.351 e. The van der Waals surface area contributed by atoms with Crippen molar-refractivity contribution in [2.75, 3.05) is 5.32 Å². The van der Waals surface area contributed by atoms with Crippen LogP contribution in [-0.4, -0.2) is 11.0 Å². The van der Waals surface area contributed by atoms with E-state index in [1.165, 1.54) is 18.2 Å². The Kier molecular flexibility index (Phi) is 1.91. The van der Waals surface area contributed by atoms with Crippen LogP contribution in [0.1, 0.15) is 0 Å². The molecule has 0 atom stereocenters. The van der Waals surface area contributed by atoms with Crippen molar-refractivity contribution in [2.24, 2.45) is 5.73 Å². The summed E-state index contributed by atoms with van der Waals surface area (Å²) in [6.45, 7) is 0. The SMILES string of the molecule is NC(=O)Nc1cccc(=O)[nH]1. The van der Waals surface area contributed by atoms with E-state index in [1.807, 2.05) is 0 Å². The fourth-order valence-electron chi connectivity index (χ4n) is 0.653. The van der Waals surface area contributed by atoms with Crippen LogP contribution in [0.15, 0.2) is 23.0 Å². The molecule has 4 N–H and O–H groups in total. The number of aromatic nitrogens is 1. The lowest BCUT2D eigenvalue weighted by atomic mass is 10.4. The summed E-state index contributed by atoms with van der Waals surface area (Å²) in [5.74, 6) is 0.296. The van der Waals surface area contributed by atoms with Gasteiger partial charge in [0.15, 0.2) is 0 Å². The zero-order valence-electron chi connectivity index (χ0n) is 5.63. The number of rotatable bonds is 1. The topological polar surface area (TPSA) is 88.0 Å². The first-order chi connectivity index (χ1) is 5.18. The van der Waals surface area contributed by atoms with Crippen molar-refractivity contribution >= 4 is 11.8 Å². The maximum absolute atomic E-state index is 10.6. The zero-order valence-corrected chi connectivity index (χ0v) is 5.63. The molecule has 0 spiro atoms. The molecule has 0 bridgehead atoms. The molecule has 2 amide bonds. The fourth-order valence-corrected chi connectivity index (χ4v) is 0.653. The Hall–Kier alpha value is -1.78. The molecule has 0 aromatic carbocycles. The van der Waals surface area contributed by atoms with Crippen LogP contribution in [0.5, 0.6) is 0 Å². The number of nitrogens with two attached hydrogens (primary N) is 1. The van der Waals surface area contributed by atoms with Gasteiger partial charge in [-0.2, -0.15) is 0 Å². The minimum absolute atomic E-state index is 0.281. The second-order valence-electron chi connectivity index (χ2n) is 1.92. The number of nitrogens with one attached hydrogen (secondary N) is 2. The van der Waals surface area contributed by atoms with Gasteiger partial charge in [0, 0.05) is 6.07 Å². The summed E-state index contributed by atoms with van der Waals surface area (Å²) in [7, 11) is 0. The monoisotopic (exact) mass is 153 g/mol. The van der Waals surface area contributed by atoms with E-state index in [2.05, 4.69) is 10.3 Å². The van der Waals surface area contributed by atoms with Crippen LogP contribution in [0, 0.1) is 0 Å². The Morgan fingerprint density at radius 1 is 1.55 bits per heavy atom. The van der Waals surface area contributed by atoms with Crippen LogP contribution in [0.25, 0.3) is 0 Å². The molecule has 0 aliphatic carbocycles. The highest BCUT2D eigenvalue weighted by atomic mass is 16.2. The number of anilines is 1. The van der Waals surface area contributed by atoms with Crippen LogP contribution < -0.4 is 16.6 Å². The van der Waals surface area contributed by atoms with E-state index in [4.69, 9.17) is 5.73 Å². The number of carbonyl (C=O) groups excluding carboxylic acids is 1. The molecule has 1 aromatic heterocycles. The number of urea groups is 1. The van der Waals surface area contributed by atoms with Gasteiger partial charge in [-0.3, -0.25) is 10.1 Å². The van der Waals surface area contributed by atoms with E-state index < -0.39 is 6.03 Å². The molecular formula is C6H7N3O2. The third-order valence-electron chi connectivity index (χ3n) is 1.03. The summed E-state index contributed by atoms with van der Waals surface area (Å²) in [5, 5.41) is 2.23. The Morgan fingerprint density at radius 3 is 2.82 bits per heavy atom. The maximum atomic E-state index is 10.6. The summed E-state index contributed by atoms with van der Waals surface area (Å²) in [6, 6.07) is 3.69. The molecular weight excluding hydrogens is 146 g/mol. The third kappa shape index (κ3) is 2.13. The van der Waals surface area contributed by atoms with Crippen LogP contribution in [0.3, 0.4) is 0 Å². The predicted octanol–water partition coefficient (Wildman–Crippen LogP) is -0.135. The molecule has 5 heteroatoms. The number of H-pyrrole nitrogens is 1. The van der Waals surface area contributed by atoms with Gasteiger partial charge < -0.3 is 10.7 Å². The number of amides is 2. The van der Waals surface area contributed by atoms with Crippen molar-refractivity contribution < 1.29 is 4.79 Å². The average Bonchev–Trinajstić information content (AvgIpc) is 1.85. The minimum atomic E-state index is -0.702. The first-order valence-corrected chi connectivity index (χ1v) is 2.94. The molecule has 0 aliphatic rings. The second kappa shape index (κ2) is 2.87. The van der Waals surface area contributed by atoms with Gasteiger partial charge in [0.1, 0.15) is 5.82 Å². The Labute approximate surface area is 62.2 Å². The van der Waals surface area contributed by atoms with Crippen LogP contribution in [0.4, 0.5) is 10.6 Å². The number of hydrogen-bond acceptors (Lipinski definition) is 2. The van der Waals surface area contributed by atoms with Crippen LogP contribution in [-0.2, 0) is 0 Å². The van der Waals surface area contributed by atoms with E-state index in [0.717, 1.165) is 0 Å². The van der Waals surface area contributed by atoms with Crippen molar-refractivity contribution in [1.82, 2.24) is 4.98 Å². The van der Waals surface area contributed by atoms with Crippen molar-refractivity contribution in [3.8, 4) is 0 Å². The lowest BCUT2D eigenvalue weighted by Gasteiger charge is -1.98. The van der Waals surface area contributed by atoms with Crippen molar-refractivity contribution in [1.29, 1.82) is 0 Å². The number of hydrogen-bond donors (Lipinski definition) is 3. The van der Waals surface area contributed by atoms with Crippen molar-refractivity contribution in [3.63, 3.8) is 0 Å². The lowest BCUT2D eigenvalue weighted by Crippen LogP contribution is -2.21. The second-order valence-corrected chi connectivity index (χ2v) is 1.92. The summed E-state index contributed by atoms with van der Waals surface area (Å²) in [4.78, 5) is 23.3. The molecule has 11 heavy (non-hydrogen) atoms. The normalized spacial score (nSPS) is 9.09. The lowest BCUT2D eigenvalue weighted by molar-refractivity contribution is 0.259. The number of carbonyl (C=O) groups is 1. The summed E-state index contributed by atoms with van der Waals surface area (Å²) in [5.41, 5.74) is 4.52. The molecule has 0 unspecified atom stereocenters. The quantitative estimate of drug-likeness (QED) is 0.524.